The fourth-order valence-electron chi connectivity index (χ4n) is 2.16. The Balaban J connectivity index is 2.06. The van der Waals surface area contributed by atoms with Gasteiger partial charge in [-0.3, -0.25) is 9.69 Å². The molecule has 0 heterocycles. The second kappa shape index (κ2) is 5.38. The Hall–Kier alpha value is -0.370. The Labute approximate surface area is 81.3 Å². The number of rotatable bonds is 5. The molecule has 0 aliphatic heterocycles. The number of likely N-dealkylation sites (N-methyl/N-ethyl adjacent to an activating group) is 1. The average molecular weight is 183 g/mol. The molecule has 0 spiro atoms. The molecule has 0 amide bonds. The molecular weight excluding hydrogens is 162 g/mol. The maximum atomic E-state index is 10.8. The van der Waals surface area contributed by atoms with Gasteiger partial charge in [-0.1, -0.05) is 25.7 Å². The summed E-state index contributed by atoms with van der Waals surface area (Å²) >= 11 is 0. The van der Waals surface area contributed by atoms with Gasteiger partial charge in [0.15, 0.2) is 0 Å². The van der Waals surface area contributed by atoms with Gasteiger partial charge < -0.3 is 0 Å². The third-order valence-electron chi connectivity index (χ3n) is 2.89. The van der Waals surface area contributed by atoms with Crippen LogP contribution in [0, 0.1) is 5.92 Å². The highest BCUT2D eigenvalue weighted by Crippen LogP contribution is 2.27. The standard InChI is InChI=1S/C11H21NO/c1-10(13)9-12(2)8-7-11-5-3-4-6-11/h11H,3-9H2,1-2H3. The molecule has 2 nitrogen and oxygen atoms in total. The van der Waals surface area contributed by atoms with Crippen LogP contribution >= 0.6 is 0 Å². The highest BCUT2D eigenvalue weighted by Gasteiger charge is 2.15. The van der Waals surface area contributed by atoms with Crippen molar-refractivity contribution in [3.05, 3.63) is 0 Å². The van der Waals surface area contributed by atoms with Gasteiger partial charge in [0.25, 0.3) is 0 Å². The summed E-state index contributed by atoms with van der Waals surface area (Å²) in [6.07, 6.45) is 6.94. The Bertz CT molecular complexity index is 161. The number of Topliss-reactive ketones (excluding diaryl/α,β-unsaturated/α-hetero) is 1. The van der Waals surface area contributed by atoms with Gasteiger partial charge in [-0.25, -0.2) is 0 Å². The van der Waals surface area contributed by atoms with Crippen molar-refractivity contribution >= 4 is 5.78 Å². The third-order valence-corrected chi connectivity index (χ3v) is 2.89. The van der Waals surface area contributed by atoms with Crippen molar-refractivity contribution in [3.63, 3.8) is 0 Å². The van der Waals surface area contributed by atoms with Crippen molar-refractivity contribution in [1.82, 2.24) is 4.90 Å². The van der Waals surface area contributed by atoms with Gasteiger partial charge in [-0.2, -0.15) is 0 Å². The molecular formula is C11H21NO. The molecule has 1 aliphatic rings. The molecule has 13 heavy (non-hydrogen) atoms. The van der Waals surface area contributed by atoms with Crippen LogP contribution in [0.3, 0.4) is 0 Å². The molecule has 1 saturated carbocycles. The van der Waals surface area contributed by atoms with Crippen molar-refractivity contribution in [1.29, 1.82) is 0 Å². The minimum atomic E-state index is 0.272. The summed E-state index contributed by atoms with van der Waals surface area (Å²) in [5, 5.41) is 0. The van der Waals surface area contributed by atoms with Crippen LogP contribution in [0.1, 0.15) is 39.0 Å². The minimum absolute atomic E-state index is 0.272. The van der Waals surface area contributed by atoms with Gasteiger partial charge in [-0.05, 0) is 32.9 Å². The van der Waals surface area contributed by atoms with E-state index in [9.17, 15) is 4.79 Å². The lowest BCUT2D eigenvalue weighted by Gasteiger charge is -2.17. The molecule has 0 aromatic heterocycles. The average Bonchev–Trinajstić information content (AvgIpc) is 2.51. The van der Waals surface area contributed by atoms with Crippen LogP contribution in [0.5, 0.6) is 0 Å². The zero-order valence-corrected chi connectivity index (χ0v) is 8.88. The first-order valence-electron chi connectivity index (χ1n) is 5.36. The zero-order valence-electron chi connectivity index (χ0n) is 8.88. The van der Waals surface area contributed by atoms with E-state index in [-0.39, 0.29) is 5.78 Å². The molecule has 0 atom stereocenters. The second-order valence-electron chi connectivity index (χ2n) is 4.38. The molecule has 0 aromatic rings. The van der Waals surface area contributed by atoms with E-state index in [0.717, 1.165) is 12.5 Å². The molecule has 76 valence electrons. The number of hydrogen-bond donors (Lipinski definition) is 0. The predicted octanol–water partition coefficient (Wildman–Crippen LogP) is 2.09. The molecule has 0 unspecified atom stereocenters. The number of ketones is 1. The van der Waals surface area contributed by atoms with Gasteiger partial charge in [-0.15, -0.1) is 0 Å². The smallest absolute Gasteiger partial charge is 0.143 e. The second-order valence-corrected chi connectivity index (χ2v) is 4.38. The monoisotopic (exact) mass is 183 g/mol. The van der Waals surface area contributed by atoms with Crippen LogP contribution in [0.25, 0.3) is 0 Å². The minimum Gasteiger partial charge on any atom is -0.299 e. The normalized spacial score (nSPS) is 18.4. The van der Waals surface area contributed by atoms with Crippen molar-refractivity contribution in [2.75, 3.05) is 20.1 Å². The quantitative estimate of drug-likeness (QED) is 0.650. The molecule has 1 fully saturated rings. The van der Waals surface area contributed by atoms with E-state index in [2.05, 4.69) is 4.90 Å². The first-order valence-corrected chi connectivity index (χ1v) is 5.36. The van der Waals surface area contributed by atoms with Crippen molar-refractivity contribution < 1.29 is 4.79 Å². The fraction of sp³-hybridized carbons (Fsp3) is 0.909. The van der Waals surface area contributed by atoms with E-state index >= 15 is 0 Å². The summed E-state index contributed by atoms with van der Waals surface area (Å²) in [4.78, 5) is 12.9. The van der Waals surface area contributed by atoms with Crippen molar-refractivity contribution in [3.8, 4) is 0 Å². The summed E-state index contributed by atoms with van der Waals surface area (Å²) in [7, 11) is 2.04. The zero-order chi connectivity index (χ0) is 9.68. The fourth-order valence-corrected chi connectivity index (χ4v) is 2.16. The number of carbonyl (C=O) groups is 1. The van der Waals surface area contributed by atoms with Crippen molar-refractivity contribution in [2.24, 2.45) is 5.92 Å². The molecule has 0 N–H and O–H groups in total. The molecule has 0 saturated heterocycles. The van der Waals surface area contributed by atoms with Crippen LogP contribution < -0.4 is 0 Å². The van der Waals surface area contributed by atoms with Gasteiger partial charge >= 0.3 is 0 Å². The van der Waals surface area contributed by atoms with Crippen LogP contribution in [-0.2, 0) is 4.79 Å². The highest BCUT2D eigenvalue weighted by atomic mass is 16.1. The van der Waals surface area contributed by atoms with Crippen molar-refractivity contribution in [2.45, 2.75) is 39.0 Å². The molecule has 0 bridgehead atoms. The predicted molar refractivity (Wildman–Crippen MR) is 54.8 cm³/mol. The maximum Gasteiger partial charge on any atom is 0.143 e. The van der Waals surface area contributed by atoms with E-state index in [4.69, 9.17) is 0 Å². The van der Waals surface area contributed by atoms with E-state index in [1.165, 1.54) is 32.1 Å². The third kappa shape index (κ3) is 4.41. The lowest BCUT2D eigenvalue weighted by Crippen LogP contribution is -2.26. The topological polar surface area (TPSA) is 20.3 Å². The van der Waals surface area contributed by atoms with E-state index in [1.54, 1.807) is 6.92 Å². The van der Waals surface area contributed by atoms with Gasteiger partial charge in [0.2, 0.25) is 0 Å². The first kappa shape index (κ1) is 10.7. The Morgan fingerprint density at radius 2 is 2.00 bits per heavy atom. The molecule has 2 heteroatoms. The van der Waals surface area contributed by atoms with Crippen LogP contribution in [0.15, 0.2) is 0 Å². The lowest BCUT2D eigenvalue weighted by atomic mass is 10.0. The summed E-state index contributed by atoms with van der Waals surface area (Å²) < 4.78 is 0. The van der Waals surface area contributed by atoms with Crippen LogP contribution in [0.2, 0.25) is 0 Å². The number of hydrogen-bond acceptors (Lipinski definition) is 2. The molecule has 1 aliphatic carbocycles. The van der Waals surface area contributed by atoms with Gasteiger partial charge in [0.05, 0.1) is 6.54 Å². The summed E-state index contributed by atoms with van der Waals surface area (Å²) in [6.45, 7) is 3.36. The summed E-state index contributed by atoms with van der Waals surface area (Å²) in [5.41, 5.74) is 0. The highest BCUT2D eigenvalue weighted by molar-refractivity contribution is 5.77. The summed E-state index contributed by atoms with van der Waals surface area (Å²) in [6, 6.07) is 0. The molecule has 1 rings (SSSR count). The molecule has 0 radical (unpaired) electrons. The maximum absolute atomic E-state index is 10.8. The Kier molecular flexibility index (Phi) is 4.43. The lowest BCUT2D eigenvalue weighted by molar-refractivity contribution is -0.117. The first-order chi connectivity index (χ1) is 6.18. The van der Waals surface area contributed by atoms with Crippen LogP contribution in [0.4, 0.5) is 0 Å². The number of nitrogens with zero attached hydrogens (tertiary/aromatic N) is 1. The van der Waals surface area contributed by atoms with E-state index < -0.39 is 0 Å². The van der Waals surface area contributed by atoms with Crippen LogP contribution in [-0.4, -0.2) is 30.8 Å². The largest absolute Gasteiger partial charge is 0.299 e. The Morgan fingerprint density at radius 3 is 2.54 bits per heavy atom. The van der Waals surface area contributed by atoms with E-state index in [1.807, 2.05) is 7.05 Å². The SMILES string of the molecule is CC(=O)CN(C)CCC1CCCC1. The van der Waals surface area contributed by atoms with E-state index in [0.29, 0.717) is 6.54 Å². The Morgan fingerprint density at radius 1 is 1.38 bits per heavy atom. The summed E-state index contributed by atoms with van der Waals surface area (Å²) in [5.74, 6) is 1.21. The molecule has 0 aromatic carbocycles. The number of carbonyl (C=O) groups excluding carboxylic acids is 1. The van der Waals surface area contributed by atoms with Gasteiger partial charge in [0.1, 0.15) is 5.78 Å². The van der Waals surface area contributed by atoms with Gasteiger partial charge in [0, 0.05) is 0 Å².